The molecule has 1 aliphatic heterocycles. The molecule has 2 atom stereocenters. The highest BCUT2D eigenvalue weighted by atomic mass is 16.5. The van der Waals surface area contributed by atoms with Gasteiger partial charge in [-0.2, -0.15) is 0 Å². The Hall–Kier alpha value is -2.82. The molecule has 0 spiro atoms. The van der Waals surface area contributed by atoms with Gasteiger partial charge in [-0.05, 0) is 42.7 Å². The lowest BCUT2D eigenvalue weighted by Gasteiger charge is -2.38. The Labute approximate surface area is 146 Å². The Morgan fingerprint density at radius 1 is 1.04 bits per heavy atom. The zero-order chi connectivity index (χ0) is 17.8. The number of carbonyl (C=O) groups is 2. The van der Waals surface area contributed by atoms with E-state index in [1.54, 1.807) is 36.3 Å². The van der Waals surface area contributed by atoms with Gasteiger partial charge < -0.3 is 14.7 Å². The molecule has 1 aliphatic rings. The van der Waals surface area contributed by atoms with Crippen LogP contribution in [0.2, 0.25) is 0 Å². The van der Waals surface area contributed by atoms with Crippen molar-refractivity contribution in [1.82, 2.24) is 4.90 Å². The lowest BCUT2D eigenvalue weighted by Crippen LogP contribution is -2.44. The molecule has 5 heteroatoms. The van der Waals surface area contributed by atoms with Crippen molar-refractivity contribution < 1.29 is 19.4 Å². The monoisotopic (exact) mass is 339 g/mol. The van der Waals surface area contributed by atoms with Crippen LogP contribution in [0.3, 0.4) is 0 Å². The lowest BCUT2D eigenvalue weighted by molar-refractivity contribution is -0.143. The number of hydrogen-bond acceptors (Lipinski definition) is 3. The van der Waals surface area contributed by atoms with Crippen molar-refractivity contribution in [3.8, 4) is 5.75 Å². The van der Waals surface area contributed by atoms with E-state index in [1.807, 2.05) is 30.3 Å². The molecule has 0 radical (unpaired) electrons. The first-order valence-corrected chi connectivity index (χ1v) is 8.33. The van der Waals surface area contributed by atoms with Gasteiger partial charge in [0.05, 0.1) is 19.1 Å². The van der Waals surface area contributed by atoms with Gasteiger partial charge in [0, 0.05) is 12.1 Å². The molecule has 0 saturated carbocycles. The third-order valence-electron chi connectivity index (χ3n) is 4.71. The van der Waals surface area contributed by atoms with E-state index in [0.29, 0.717) is 24.2 Å². The highest BCUT2D eigenvalue weighted by Gasteiger charge is 2.35. The molecule has 0 aliphatic carbocycles. The van der Waals surface area contributed by atoms with Gasteiger partial charge in [-0.25, -0.2) is 0 Å². The number of methoxy groups -OCH3 is 1. The molecule has 1 N–H and O–H groups in total. The van der Waals surface area contributed by atoms with E-state index in [4.69, 9.17) is 4.74 Å². The fourth-order valence-corrected chi connectivity index (χ4v) is 3.32. The summed E-state index contributed by atoms with van der Waals surface area (Å²) in [5, 5.41) is 9.38. The van der Waals surface area contributed by atoms with Crippen LogP contribution in [0.4, 0.5) is 0 Å². The molecule has 3 rings (SSSR count). The van der Waals surface area contributed by atoms with Gasteiger partial charge in [-0.1, -0.05) is 30.3 Å². The third-order valence-corrected chi connectivity index (χ3v) is 4.71. The Morgan fingerprint density at radius 2 is 1.72 bits per heavy atom. The Morgan fingerprint density at radius 3 is 2.32 bits per heavy atom. The second-order valence-corrected chi connectivity index (χ2v) is 6.23. The average Bonchev–Trinajstić information content (AvgIpc) is 2.67. The van der Waals surface area contributed by atoms with E-state index in [0.717, 1.165) is 5.56 Å². The van der Waals surface area contributed by atoms with E-state index in [-0.39, 0.29) is 18.5 Å². The second-order valence-electron chi connectivity index (χ2n) is 6.23. The van der Waals surface area contributed by atoms with Crippen molar-refractivity contribution in [2.24, 2.45) is 5.92 Å². The van der Waals surface area contributed by atoms with Crippen molar-refractivity contribution in [2.75, 3.05) is 13.7 Å². The molecule has 1 amide bonds. The van der Waals surface area contributed by atoms with Gasteiger partial charge in [0.25, 0.3) is 5.91 Å². The standard InChI is InChI=1S/C20H21NO4/c1-25-17-10-7-15(8-11-17)19(22)21-13-16(20(23)24)9-12-18(21)14-5-3-2-4-6-14/h2-8,10-11,16,18H,9,12-13H2,1H3,(H,23,24)/t16-,18-/m1/s1. The topological polar surface area (TPSA) is 66.8 Å². The number of piperidine rings is 1. The molecule has 5 nitrogen and oxygen atoms in total. The average molecular weight is 339 g/mol. The van der Waals surface area contributed by atoms with Crippen LogP contribution >= 0.6 is 0 Å². The van der Waals surface area contributed by atoms with E-state index in [2.05, 4.69) is 0 Å². The summed E-state index contributed by atoms with van der Waals surface area (Å²) < 4.78 is 5.13. The van der Waals surface area contributed by atoms with Crippen LogP contribution in [0, 0.1) is 5.92 Å². The summed E-state index contributed by atoms with van der Waals surface area (Å²) in [6.45, 7) is 0.222. The maximum absolute atomic E-state index is 13.0. The molecule has 2 aromatic rings. The highest BCUT2D eigenvalue weighted by molar-refractivity contribution is 5.95. The van der Waals surface area contributed by atoms with Crippen molar-refractivity contribution in [1.29, 1.82) is 0 Å². The Bertz CT molecular complexity index is 742. The summed E-state index contributed by atoms with van der Waals surface area (Å²) in [7, 11) is 1.57. The molecular weight excluding hydrogens is 318 g/mol. The molecule has 0 bridgehead atoms. The predicted octanol–water partition coefficient (Wildman–Crippen LogP) is 3.37. The van der Waals surface area contributed by atoms with Crippen molar-refractivity contribution in [3.63, 3.8) is 0 Å². The summed E-state index contributed by atoms with van der Waals surface area (Å²) in [4.78, 5) is 26.2. The zero-order valence-electron chi connectivity index (χ0n) is 14.1. The number of rotatable bonds is 4. The maximum atomic E-state index is 13.0. The molecule has 1 saturated heterocycles. The van der Waals surface area contributed by atoms with Crippen molar-refractivity contribution in [2.45, 2.75) is 18.9 Å². The number of nitrogens with zero attached hydrogens (tertiary/aromatic N) is 1. The second kappa shape index (κ2) is 7.38. The van der Waals surface area contributed by atoms with E-state index in [9.17, 15) is 14.7 Å². The predicted molar refractivity (Wildman–Crippen MR) is 93.6 cm³/mol. The molecule has 25 heavy (non-hydrogen) atoms. The summed E-state index contributed by atoms with van der Waals surface area (Å²) in [5.41, 5.74) is 1.57. The normalized spacial score (nSPS) is 20.1. The molecule has 130 valence electrons. The van der Waals surface area contributed by atoms with Crippen molar-refractivity contribution >= 4 is 11.9 Å². The van der Waals surface area contributed by atoms with E-state index >= 15 is 0 Å². The first-order valence-electron chi connectivity index (χ1n) is 8.33. The van der Waals surface area contributed by atoms with Crippen LogP contribution in [-0.2, 0) is 4.79 Å². The number of ether oxygens (including phenoxy) is 1. The first-order chi connectivity index (χ1) is 12.1. The van der Waals surface area contributed by atoms with Crippen LogP contribution in [0.15, 0.2) is 54.6 Å². The largest absolute Gasteiger partial charge is 0.497 e. The smallest absolute Gasteiger partial charge is 0.308 e. The highest BCUT2D eigenvalue weighted by Crippen LogP contribution is 2.34. The minimum absolute atomic E-state index is 0.105. The molecule has 0 aromatic heterocycles. The van der Waals surface area contributed by atoms with Gasteiger partial charge in [0.15, 0.2) is 0 Å². The summed E-state index contributed by atoms with van der Waals surface area (Å²) in [6.07, 6.45) is 1.21. The fourth-order valence-electron chi connectivity index (χ4n) is 3.32. The van der Waals surface area contributed by atoms with Crippen LogP contribution in [0.1, 0.15) is 34.8 Å². The number of hydrogen-bond donors (Lipinski definition) is 1. The van der Waals surface area contributed by atoms with Gasteiger partial charge in [-0.3, -0.25) is 9.59 Å². The molecule has 1 heterocycles. The first kappa shape index (κ1) is 17.0. The summed E-state index contributed by atoms with van der Waals surface area (Å²) >= 11 is 0. The minimum Gasteiger partial charge on any atom is -0.497 e. The van der Waals surface area contributed by atoms with Crippen LogP contribution in [-0.4, -0.2) is 35.5 Å². The number of amides is 1. The quantitative estimate of drug-likeness (QED) is 0.927. The molecule has 2 aromatic carbocycles. The van der Waals surface area contributed by atoms with Crippen molar-refractivity contribution in [3.05, 3.63) is 65.7 Å². The summed E-state index contributed by atoms with van der Waals surface area (Å²) in [6, 6.07) is 16.6. The third kappa shape index (κ3) is 3.65. The molecule has 1 fully saturated rings. The van der Waals surface area contributed by atoms with E-state index < -0.39 is 11.9 Å². The Balaban J connectivity index is 1.90. The van der Waals surface area contributed by atoms with Crippen LogP contribution in [0.5, 0.6) is 5.75 Å². The maximum Gasteiger partial charge on any atom is 0.308 e. The lowest BCUT2D eigenvalue weighted by atomic mass is 9.88. The number of carbonyl (C=O) groups excluding carboxylic acids is 1. The summed E-state index contributed by atoms with van der Waals surface area (Å²) in [5.74, 6) is -0.845. The van der Waals surface area contributed by atoms with Gasteiger partial charge in [0.2, 0.25) is 0 Å². The molecule has 0 unspecified atom stereocenters. The molecular formula is C20H21NO4. The van der Waals surface area contributed by atoms with Gasteiger partial charge in [-0.15, -0.1) is 0 Å². The zero-order valence-corrected chi connectivity index (χ0v) is 14.1. The van der Waals surface area contributed by atoms with Crippen LogP contribution < -0.4 is 4.74 Å². The minimum atomic E-state index is -0.848. The van der Waals surface area contributed by atoms with E-state index in [1.165, 1.54) is 0 Å². The number of likely N-dealkylation sites (tertiary alicyclic amines) is 1. The number of benzene rings is 2. The number of carboxylic acid groups (broad SMARTS) is 1. The fraction of sp³-hybridized carbons (Fsp3) is 0.300. The SMILES string of the molecule is COc1ccc(C(=O)N2C[C@H](C(=O)O)CC[C@@H]2c2ccccc2)cc1. The van der Waals surface area contributed by atoms with Crippen LogP contribution in [0.25, 0.3) is 0 Å². The van der Waals surface area contributed by atoms with Gasteiger partial charge >= 0.3 is 5.97 Å². The number of carboxylic acids is 1. The number of aliphatic carboxylic acids is 1. The van der Waals surface area contributed by atoms with Gasteiger partial charge in [0.1, 0.15) is 5.75 Å². The Kier molecular flexibility index (Phi) is 5.03.